The molecule has 2 N–H and O–H groups in total. The van der Waals surface area contributed by atoms with Crippen LogP contribution in [0.15, 0.2) is 18.2 Å². The van der Waals surface area contributed by atoms with E-state index >= 15 is 0 Å². The number of nitrogens with one attached hydrogen (secondary N) is 2. The van der Waals surface area contributed by atoms with E-state index in [0.717, 1.165) is 12.3 Å². The van der Waals surface area contributed by atoms with Crippen molar-refractivity contribution in [1.29, 1.82) is 0 Å². The molecule has 19 heavy (non-hydrogen) atoms. The van der Waals surface area contributed by atoms with Gasteiger partial charge in [-0.1, -0.05) is 12.8 Å². The van der Waals surface area contributed by atoms with Gasteiger partial charge in [-0.05, 0) is 24.5 Å². The van der Waals surface area contributed by atoms with Crippen molar-refractivity contribution in [3.63, 3.8) is 0 Å². The van der Waals surface area contributed by atoms with Crippen molar-refractivity contribution in [3.8, 4) is 0 Å². The molecule has 2 rings (SSSR count). The van der Waals surface area contributed by atoms with E-state index in [1.807, 2.05) is 0 Å². The molecule has 1 aromatic carbocycles. The number of amides is 1. The first kappa shape index (κ1) is 13.3. The summed E-state index contributed by atoms with van der Waals surface area (Å²) in [5, 5.41) is 16.4. The van der Waals surface area contributed by atoms with Crippen molar-refractivity contribution >= 4 is 17.3 Å². The van der Waals surface area contributed by atoms with E-state index in [-0.39, 0.29) is 11.6 Å². The van der Waals surface area contributed by atoms with E-state index in [1.54, 1.807) is 19.2 Å². The highest BCUT2D eigenvalue weighted by Crippen LogP contribution is 2.31. The quantitative estimate of drug-likeness (QED) is 0.608. The van der Waals surface area contributed by atoms with Crippen LogP contribution < -0.4 is 10.6 Å². The number of nitrogens with zero attached hydrogens (tertiary/aromatic N) is 1. The first-order valence-corrected chi connectivity index (χ1v) is 6.36. The van der Waals surface area contributed by atoms with Gasteiger partial charge in [0, 0.05) is 25.2 Å². The van der Waals surface area contributed by atoms with Gasteiger partial charge < -0.3 is 10.6 Å². The second-order valence-corrected chi connectivity index (χ2v) is 4.73. The molecular weight excluding hydrogens is 246 g/mol. The summed E-state index contributed by atoms with van der Waals surface area (Å²) >= 11 is 0. The lowest BCUT2D eigenvalue weighted by Crippen LogP contribution is -2.24. The summed E-state index contributed by atoms with van der Waals surface area (Å²) in [5.74, 6) is 0.493. The van der Waals surface area contributed by atoms with Crippen LogP contribution in [0.5, 0.6) is 0 Å². The Balaban J connectivity index is 2.03. The number of carbonyl (C=O) groups is 1. The number of rotatable bonds is 6. The van der Waals surface area contributed by atoms with Crippen LogP contribution in [-0.4, -0.2) is 24.4 Å². The van der Waals surface area contributed by atoms with E-state index in [1.165, 1.54) is 18.9 Å². The van der Waals surface area contributed by atoms with Gasteiger partial charge in [-0.15, -0.1) is 0 Å². The van der Waals surface area contributed by atoms with Crippen molar-refractivity contribution in [2.24, 2.45) is 5.92 Å². The predicted molar refractivity (Wildman–Crippen MR) is 72.3 cm³/mol. The fourth-order valence-electron chi connectivity index (χ4n) is 1.93. The summed E-state index contributed by atoms with van der Waals surface area (Å²) in [7, 11) is 1.61. The number of nitro benzene ring substituents is 1. The van der Waals surface area contributed by atoms with Crippen LogP contribution in [0.4, 0.5) is 11.4 Å². The van der Waals surface area contributed by atoms with Crippen LogP contribution in [-0.2, 0) is 0 Å². The fraction of sp³-hybridized carbons (Fsp3) is 0.462. The monoisotopic (exact) mass is 263 g/mol. The second kappa shape index (κ2) is 5.69. The van der Waals surface area contributed by atoms with Gasteiger partial charge >= 0.3 is 0 Å². The van der Waals surface area contributed by atoms with Crippen LogP contribution in [0.3, 0.4) is 0 Å². The molecule has 1 saturated carbocycles. The largest absolute Gasteiger partial charge is 0.383 e. The van der Waals surface area contributed by atoms with Crippen LogP contribution in [0.1, 0.15) is 29.6 Å². The van der Waals surface area contributed by atoms with Crippen molar-refractivity contribution < 1.29 is 9.72 Å². The molecular formula is C13H17N3O3. The van der Waals surface area contributed by atoms with E-state index in [9.17, 15) is 14.9 Å². The molecule has 6 nitrogen and oxygen atoms in total. The number of hydrogen-bond donors (Lipinski definition) is 2. The highest BCUT2D eigenvalue weighted by atomic mass is 16.6. The lowest BCUT2D eigenvalue weighted by atomic mass is 10.1. The van der Waals surface area contributed by atoms with Gasteiger partial charge in [0.15, 0.2) is 0 Å². The number of hydrogen-bond acceptors (Lipinski definition) is 4. The average molecular weight is 263 g/mol. The molecule has 0 bridgehead atoms. The first-order valence-electron chi connectivity index (χ1n) is 6.36. The smallest absolute Gasteiger partial charge is 0.293 e. The molecule has 6 heteroatoms. The Morgan fingerprint density at radius 3 is 2.79 bits per heavy atom. The van der Waals surface area contributed by atoms with Crippen molar-refractivity contribution in [2.45, 2.75) is 19.3 Å². The van der Waals surface area contributed by atoms with Gasteiger partial charge in [-0.3, -0.25) is 14.9 Å². The normalized spacial score (nSPS) is 13.9. The van der Waals surface area contributed by atoms with Gasteiger partial charge in [0.25, 0.3) is 11.6 Å². The van der Waals surface area contributed by atoms with E-state index in [2.05, 4.69) is 10.6 Å². The van der Waals surface area contributed by atoms with Crippen molar-refractivity contribution in [3.05, 3.63) is 33.9 Å². The Morgan fingerprint density at radius 2 is 2.21 bits per heavy atom. The Bertz CT molecular complexity index is 498. The van der Waals surface area contributed by atoms with Gasteiger partial charge in [0.1, 0.15) is 5.69 Å². The second-order valence-electron chi connectivity index (χ2n) is 4.73. The van der Waals surface area contributed by atoms with Gasteiger partial charge in [0.05, 0.1) is 4.92 Å². The molecule has 0 radical (unpaired) electrons. The Kier molecular flexibility index (Phi) is 3.99. The third kappa shape index (κ3) is 3.43. The van der Waals surface area contributed by atoms with Gasteiger partial charge in [0.2, 0.25) is 0 Å². The maximum Gasteiger partial charge on any atom is 0.293 e. The third-order valence-corrected chi connectivity index (χ3v) is 3.26. The first-order chi connectivity index (χ1) is 9.11. The summed E-state index contributed by atoms with van der Waals surface area (Å²) in [6, 6.07) is 4.44. The number of nitro groups is 1. The molecule has 0 atom stereocenters. The summed E-state index contributed by atoms with van der Waals surface area (Å²) in [5.41, 5.74) is 0.637. The van der Waals surface area contributed by atoms with Crippen LogP contribution >= 0.6 is 0 Å². The fourth-order valence-corrected chi connectivity index (χ4v) is 1.93. The molecule has 0 unspecified atom stereocenters. The highest BCUT2D eigenvalue weighted by Gasteiger charge is 2.21. The van der Waals surface area contributed by atoms with Crippen molar-refractivity contribution in [1.82, 2.24) is 5.32 Å². The SMILES string of the molecule is CNc1ccc(C(=O)NCCC2CC2)cc1[N+](=O)[O-]. The van der Waals surface area contributed by atoms with Crippen molar-refractivity contribution in [2.75, 3.05) is 18.9 Å². The maximum absolute atomic E-state index is 11.9. The highest BCUT2D eigenvalue weighted by molar-refractivity contribution is 5.95. The van der Waals surface area contributed by atoms with E-state index in [4.69, 9.17) is 0 Å². The number of benzene rings is 1. The average Bonchev–Trinajstić information content (AvgIpc) is 3.21. The molecule has 0 aliphatic heterocycles. The maximum atomic E-state index is 11.9. The summed E-state index contributed by atoms with van der Waals surface area (Å²) in [6.07, 6.45) is 3.48. The molecule has 102 valence electrons. The molecule has 0 heterocycles. The lowest BCUT2D eigenvalue weighted by molar-refractivity contribution is -0.384. The zero-order chi connectivity index (χ0) is 13.8. The number of carbonyl (C=O) groups excluding carboxylic acids is 1. The third-order valence-electron chi connectivity index (χ3n) is 3.26. The minimum Gasteiger partial charge on any atom is -0.383 e. The van der Waals surface area contributed by atoms with E-state index < -0.39 is 4.92 Å². The topological polar surface area (TPSA) is 84.3 Å². The summed E-state index contributed by atoms with van der Waals surface area (Å²) in [4.78, 5) is 22.3. The predicted octanol–water partition coefficient (Wildman–Crippen LogP) is 2.17. The minimum absolute atomic E-state index is 0.0858. The standard InChI is InChI=1S/C13H17N3O3/c1-14-11-5-4-10(8-12(11)16(18)19)13(17)15-7-6-9-2-3-9/h4-5,8-9,14H,2-3,6-7H2,1H3,(H,15,17). The molecule has 1 fully saturated rings. The molecule has 0 aromatic heterocycles. The molecule has 1 amide bonds. The van der Waals surface area contributed by atoms with Crippen LogP contribution in [0.2, 0.25) is 0 Å². The zero-order valence-corrected chi connectivity index (χ0v) is 10.8. The molecule has 0 saturated heterocycles. The van der Waals surface area contributed by atoms with Gasteiger partial charge in [-0.25, -0.2) is 0 Å². The number of anilines is 1. The van der Waals surface area contributed by atoms with Crippen LogP contribution in [0.25, 0.3) is 0 Å². The summed E-state index contributed by atoms with van der Waals surface area (Å²) in [6.45, 7) is 0.630. The Morgan fingerprint density at radius 1 is 1.47 bits per heavy atom. The van der Waals surface area contributed by atoms with E-state index in [0.29, 0.717) is 17.8 Å². The Hall–Kier alpha value is -2.11. The molecule has 1 aliphatic rings. The Labute approximate surface area is 111 Å². The zero-order valence-electron chi connectivity index (χ0n) is 10.8. The molecule has 1 aromatic rings. The molecule has 0 spiro atoms. The lowest BCUT2D eigenvalue weighted by Gasteiger charge is -2.06. The summed E-state index contributed by atoms with van der Waals surface area (Å²) < 4.78 is 0. The van der Waals surface area contributed by atoms with Crippen LogP contribution in [0, 0.1) is 16.0 Å². The van der Waals surface area contributed by atoms with Gasteiger partial charge in [-0.2, -0.15) is 0 Å². The minimum atomic E-state index is -0.493. The molecule has 1 aliphatic carbocycles.